The molecule has 1 N–H and O–H groups in total. The smallest absolute Gasteiger partial charge is 0.339 e. The number of benzene rings is 1. The topological polar surface area (TPSA) is 75.3 Å². The highest BCUT2D eigenvalue weighted by molar-refractivity contribution is 7.18. The maximum absolute atomic E-state index is 13.2. The second kappa shape index (κ2) is 7.39. The summed E-state index contributed by atoms with van der Waals surface area (Å²) >= 11 is 1.71. The van der Waals surface area contributed by atoms with E-state index in [2.05, 4.69) is 11.1 Å². The fourth-order valence-electron chi connectivity index (χ4n) is 3.96. The molecular formula is C21H23N3O3S. The Labute approximate surface area is 167 Å². The number of para-hydroxylation sites is 1. The molecule has 3 heterocycles. The van der Waals surface area contributed by atoms with Gasteiger partial charge in [0.05, 0.1) is 27.9 Å². The van der Waals surface area contributed by atoms with Crippen LogP contribution in [0.2, 0.25) is 0 Å². The van der Waals surface area contributed by atoms with E-state index in [1.807, 2.05) is 23.1 Å². The van der Waals surface area contributed by atoms with E-state index >= 15 is 0 Å². The van der Waals surface area contributed by atoms with Gasteiger partial charge in [0.2, 0.25) is 0 Å². The number of nitrogens with zero attached hydrogens (tertiary/aromatic N) is 2. The first-order valence-corrected chi connectivity index (χ1v) is 10.2. The van der Waals surface area contributed by atoms with Crippen molar-refractivity contribution in [3.8, 4) is 0 Å². The van der Waals surface area contributed by atoms with Crippen LogP contribution in [0.5, 0.6) is 0 Å². The minimum Gasteiger partial charge on any atom is -0.465 e. The zero-order valence-electron chi connectivity index (χ0n) is 16.2. The molecule has 28 heavy (non-hydrogen) atoms. The van der Waals surface area contributed by atoms with Gasteiger partial charge in [-0.3, -0.25) is 4.79 Å². The summed E-state index contributed by atoms with van der Waals surface area (Å²) in [6, 6.07) is 8.14. The van der Waals surface area contributed by atoms with Crippen molar-refractivity contribution < 1.29 is 14.3 Å². The van der Waals surface area contributed by atoms with Gasteiger partial charge in [0, 0.05) is 24.7 Å². The molecule has 1 aliphatic rings. The third-order valence-electron chi connectivity index (χ3n) is 5.41. The normalized spacial score (nSPS) is 17.1. The molecule has 0 bridgehead atoms. The molecule has 6 nitrogen and oxygen atoms in total. The summed E-state index contributed by atoms with van der Waals surface area (Å²) in [6.45, 7) is 4.93. The predicted octanol–water partition coefficient (Wildman–Crippen LogP) is 4.05. The summed E-state index contributed by atoms with van der Waals surface area (Å²) in [6.07, 6.45) is 1.97. The van der Waals surface area contributed by atoms with E-state index in [1.165, 1.54) is 11.8 Å². The molecule has 1 aliphatic heterocycles. The maximum Gasteiger partial charge on any atom is 0.339 e. The van der Waals surface area contributed by atoms with Crippen molar-refractivity contribution in [3.05, 3.63) is 51.8 Å². The zero-order chi connectivity index (χ0) is 19.8. The fourth-order valence-corrected chi connectivity index (χ4v) is 5.05. The monoisotopic (exact) mass is 397 g/mol. The van der Waals surface area contributed by atoms with Gasteiger partial charge in [-0.2, -0.15) is 0 Å². The van der Waals surface area contributed by atoms with Crippen molar-refractivity contribution in [3.63, 3.8) is 0 Å². The highest BCUT2D eigenvalue weighted by Gasteiger charge is 2.30. The van der Waals surface area contributed by atoms with Gasteiger partial charge in [-0.25, -0.2) is 9.78 Å². The number of thiazole rings is 1. The number of amides is 1. The predicted molar refractivity (Wildman–Crippen MR) is 109 cm³/mol. The van der Waals surface area contributed by atoms with Gasteiger partial charge in [0.15, 0.2) is 0 Å². The van der Waals surface area contributed by atoms with Crippen LogP contribution in [0.25, 0.3) is 10.2 Å². The minimum absolute atomic E-state index is 0.0680. The van der Waals surface area contributed by atoms with E-state index in [0.29, 0.717) is 35.6 Å². The third-order valence-corrected chi connectivity index (χ3v) is 6.61. The van der Waals surface area contributed by atoms with Crippen LogP contribution in [0, 0.1) is 13.8 Å². The van der Waals surface area contributed by atoms with E-state index in [-0.39, 0.29) is 11.8 Å². The van der Waals surface area contributed by atoms with Crippen LogP contribution < -0.4 is 0 Å². The highest BCUT2D eigenvalue weighted by atomic mass is 32.1. The Bertz CT molecular complexity index is 1020. The summed E-state index contributed by atoms with van der Waals surface area (Å²) in [7, 11) is 1.35. The molecule has 146 valence electrons. The van der Waals surface area contributed by atoms with E-state index < -0.39 is 5.97 Å². The maximum atomic E-state index is 13.2. The lowest BCUT2D eigenvalue weighted by molar-refractivity contribution is 0.0599. The second-order valence-electron chi connectivity index (χ2n) is 7.23. The Morgan fingerprint density at radius 3 is 2.82 bits per heavy atom. The molecule has 3 aromatic rings. The molecule has 2 aromatic heterocycles. The van der Waals surface area contributed by atoms with E-state index in [0.717, 1.165) is 23.4 Å². The number of aromatic amines is 1. The molecule has 0 spiro atoms. The van der Waals surface area contributed by atoms with E-state index in [9.17, 15) is 9.59 Å². The highest BCUT2D eigenvalue weighted by Crippen LogP contribution is 2.33. The summed E-state index contributed by atoms with van der Waals surface area (Å²) in [5, 5.41) is 1.09. The first-order valence-electron chi connectivity index (χ1n) is 9.41. The van der Waals surface area contributed by atoms with Gasteiger partial charge in [0.1, 0.15) is 5.69 Å². The summed E-state index contributed by atoms with van der Waals surface area (Å²) in [4.78, 5) is 34.9. The van der Waals surface area contributed by atoms with Crippen LogP contribution in [-0.4, -0.2) is 46.9 Å². The van der Waals surface area contributed by atoms with Gasteiger partial charge in [-0.05, 0) is 44.4 Å². The number of H-pyrrole nitrogens is 1. The summed E-state index contributed by atoms with van der Waals surface area (Å²) in [5.41, 5.74) is 3.25. The number of aryl methyl sites for hydroxylation is 1. The Hall–Kier alpha value is -2.67. The zero-order valence-corrected chi connectivity index (χ0v) is 17.1. The molecule has 4 rings (SSSR count). The Morgan fingerprint density at radius 2 is 2.07 bits per heavy atom. The number of rotatable bonds is 3. The quantitative estimate of drug-likeness (QED) is 0.677. The summed E-state index contributed by atoms with van der Waals surface area (Å²) in [5.74, 6) is -0.246. The number of nitrogens with one attached hydrogen (secondary N) is 1. The number of likely N-dealkylation sites (tertiary alicyclic amines) is 1. The van der Waals surface area contributed by atoms with Crippen molar-refractivity contribution in [2.75, 3.05) is 20.2 Å². The van der Waals surface area contributed by atoms with Gasteiger partial charge in [0.25, 0.3) is 5.91 Å². The van der Waals surface area contributed by atoms with Crippen LogP contribution in [0.3, 0.4) is 0 Å². The number of hydrogen-bond donors (Lipinski definition) is 1. The van der Waals surface area contributed by atoms with Crippen molar-refractivity contribution in [2.24, 2.45) is 0 Å². The molecule has 1 aromatic carbocycles. The molecule has 0 radical (unpaired) electrons. The number of fused-ring (bicyclic) bond motifs is 1. The van der Waals surface area contributed by atoms with Gasteiger partial charge >= 0.3 is 5.97 Å². The van der Waals surface area contributed by atoms with E-state index in [1.54, 1.807) is 25.2 Å². The standard InChI is InChI=1S/C21H23N3O3S/c1-12-17(21(26)27-3)13(2)22-18(12)20(25)24-10-6-7-14(11-24)19-23-15-8-4-5-9-16(15)28-19/h4-5,8-9,14,22H,6-7,10-11H2,1-3H3/t14-/m1/s1. The Morgan fingerprint density at radius 1 is 1.29 bits per heavy atom. The molecule has 7 heteroatoms. The largest absolute Gasteiger partial charge is 0.465 e. The number of esters is 1. The average Bonchev–Trinajstić information content (AvgIpc) is 3.27. The van der Waals surface area contributed by atoms with Crippen LogP contribution in [0.4, 0.5) is 0 Å². The number of hydrogen-bond acceptors (Lipinski definition) is 5. The number of piperidine rings is 1. The van der Waals surface area contributed by atoms with Crippen LogP contribution in [0.1, 0.15) is 55.9 Å². The minimum atomic E-state index is -0.420. The number of carbonyl (C=O) groups excluding carboxylic acids is 2. The number of aromatic nitrogens is 2. The molecular weight excluding hydrogens is 374 g/mol. The molecule has 0 aliphatic carbocycles. The van der Waals surface area contributed by atoms with Crippen molar-refractivity contribution >= 4 is 33.4 Å². The first kappa shape index (κ1) is 18.7. The lowest BCUT2D eigenvalue weighted by Gasteiger charge is -2.31. The van der Waals surface area contributed by atoms with Crippen LogP contribution in [0.15, 0.2) is 24.3 Å². The number of ether oxygens (including phenoxy) is 1. The number of methoxy groups -OCH3 is 1. The fraction of sp³-hybridized carbons (Fsp3) is 0.381. The van der Waals surface area contributed by atoms with E-state index in [4.69, 9.17) is 9.72 Å². The molecule has 0 saturated carbocycles. The first-order chi connectivity index (χ1) is 13.5. The molecule has 0 unspecified atom stereocenters. The van der Waals surface area contributed by atoms with Crippen LogP contribution in [-0.2, 0) is 4.74 Å². The number of carbonyl (C=O) groups is 2. The molecule has 1 fully saturated rings. The third kappa shape index (κ3) is 3.20. The van der Waals surface area contributed by atoms with Gasteiger partial charge < -0.3 is 14.6 Å². The van der Waals surface area contributed by atoms with Crippen molar-refractivity contribution in [1.82, 2.24) is 14.9 Å². The lowest BCUT2D eigenvalue weighted by Crippen LogP contribution is -2.39. The molecule has 1 amide bonds. The second-order valence-corrected chi connectivity index (χ2v) is 8.29. The summed E-state index contributed by atoms with van der Waals surface area (Å²) < 4.78 is 6.03. The van der Waals surface area contributed by atoms with Crippen molar-refractivity contribution in [2.45, 2.75) is 32.6 Å². The van der Waals surface area contributed by atoms with Crippen molar-refractivity contribution in [1.29, 1.82) is 0 Å². The molecule has 1 atom stereocenters. The lowest BCUT2D eigenvalue weighted by atomic mass is 9.98. The molecule has 1 saturated heterocycles. The Balaban J connectivity index is 1.58. The average molecular weight is 398 g/mol. The Kier molecular flexibility index (Phi) is 4.93. The van der Waals surface area contributed by atoms with Gasteiger partial charge in [-0.15, -0.1) is 11.3 Å². The van der Waals surface area contributed by atoms with Gasteiger partial charge in [-0.1, -0.05) is 12.1 Å². The SMILES string of the molecule is COC(=O)c1c(C)[nH]c(C(=O)N2CCC[C@@H](c3nc4ccccc4s3)C2)c1C. The van der Waals surface area contributed by atoms with Crippen LogP contribution >= 0.6 is 11.3 Å².